The summed E-state index contributed by atoms with van der Waals surface area (Å²) in [5, 5.41) is 13.9. The summed E-state index contributed by atoms with van der Waals surface area (Å²) in [5.74, 6) is -0.194. The number of hydrogen-bond acceptors (Lipinski definition) is 5. The van der Waals surface area contributed by atoms with Crippen molar-refractivity contribution >= 4 is 13.7 Å². The van der Waals surface area contributed by atoms with Crippen LogP contribution in [0.3, 0.4) is 0 Å². The first-order valence-corrected chi connectivity index (χ1v) is 28.5. The molecule has 8 nitrogen and oxygen atoms in total. The summed E-state index contributed by atoms with van der Waals surface area (Å²) in [4.78, 5) is 23.2. The van der Waals surface area contributed by atoms with Crippen LogP contribution in [0, 0.1) is 0 Å². The van der Waals surface area contributed by atoms with Gasteiger partial charge in [-0.2, -0.15) is 0 Å². The lowest BCUT2D eigenvalue weighted by Gasteiger charge is -2.25. The van der Waals surface area contributed by atoms with Crippen LogP contribution in [0.15, 0.2) is 48.6 Å². The smallest absolute Gasteiger partial charge is 0.387 e. The second-order valence-electron chi connectivity index (χ2n) is 19.6. The van der Waals surface area contributed by atoms with Gasteiger partial charge >= 0.3 is 7.82 Å². The monoisotopic (exact) mass is 922 g/mol. The van der Waals surface area contributed by atoms with Gasteiger partial charge in [-0.1, -0.05) is 217 Å². The molecule has 0 aliphatic rings. The highest BCUT2D eigenvalue weighted by Gasteiger charge is 2.27. The van der Waals surface area contributed by atoms with Gasteiger partial charge in [0.2, 0.25) is 5.91 Å². The molecule has 0 spiro atoms. The molecular formula is C55H106N2O6P+. The fourth-order valence-electron chi connectivity index (χ4n) is 7.72. The van der Waals surface area contributed by atoms with Crippen molar-refractivity contribution in [3.63, 3.8) is 0 Å². The largest absolute Gasteiger partial charge is 0.472 e. The molecule has 0 rings (SSSR count). The van der Waals surface area contributed by atoms with E-state index in [4.69, 9.17) is 9.05 Å². The molecule has 0 heterocycles. The second kappa shape index (κ2) is 46.6. The summed E-state index contributed by atoms with van der Waals surface area (Å²) in [6.07, 6.45) is 60.6. The van der Waals surface area contributed by atoms with Crippen LogP contribution in [0.2, 0.25) is 0 Å². The van der Waals surface area contributed by atoms with E-state index in [1.807, 2.05) is 27.2 Å². The zero-order chi connectivity index (χ0) is 47.1. The highest BCUT2D eigenvalue weighted by molar-refractivity contribution is 7.47. The SMILES string of the molecule is CCCCCCCCCCCC/C=C\CCCCCCCCCC(=O)NC(COP(=O)(O)OCC[N+](C)(C)C)C(O)/C=C/CC/C=C/CC/C=C/CCCCCCCCCCCCC. The minimum absolute atomic E-state index is 0.0521. The second-order valence-corrected chi connectivity index (χ2v) is 21.0. The minimum Gasteiger partial charge on any atom is -0.387 e. The van der Waals surface area contributed by atoms with E-state index in [2.05, 4.69) is 55.6 Å². The van der Waals surface area contributed by atoms with Gasteiger partial charge in [-0.25, -0.2) is 4.57 Å². The van der Waals surface area contributed by atoms with Crippen molar-refractivity contribution in [1.82, 2.24) is 5.32 Å². The third-order valence-corrected chi connectivity index (χ3v) is 13.0. The van der Waals surface area contributed by atoms with Crippen molar-refractivity contribution in [2.45, 2.75) is 257 Å². The first-order chi connectivity index (χ1) is 31.0. The van der Waals surface area contributed by atoms with E-state index in [1.54, 1.807) is 6.08 Å². The number of phosphoric ester groups is 1. The molecular weight excluding hydrogens is 816 g/mol. The Morgan fingerprint density at radius 3 is 1.25 bits per heavy atom. The molecule has 0 aromatic carbocycles. The Hall–Kier alpha value is -1.54. The number of carbonyl (C=O) groups is 1. The Balaban J connectivity index is 4.36. The fourth-order valence-corrected chi connectivity index (χ4v) is 8.45. The number of phosphoric acid groups is 1. The predicted molar refractivity (Wildman–Crippen MR) is 277 cm³/mol. The van der Waals surface area contributed by atoms with Crippen LogP contribution in [0.25, 0.3) is 0 Å². The molecule has 0 radical (unpaired) electrons. The summed E-state index contributed by atoms with van der Waals surface area (Å²) in [6.45, 7) is 4.80. The molecule has 0 aromatic heterocycles. The molecule has 64 heavy (non-hydrogen) atoms. The molecule has 3 atom stereocenters. The van der Waals surface area contributed by atoms with Gasteiger partial charge in [0.25, 0.3) is 0 Å². The molecule has 0 aliphatic carbocycles. The lowest BCUT2D eigenvalue weighted by molar-refractivity contribution is -0.870. The summed E-state index contributed by atoms with van der Waals surface area (Å²) in [5.41, 5.74) is 0. The van der Waals surface area contributed by atoms with Crippen molar-refractivity contribution in [1.29, 1.82) is 0 Å². The first-order valence-electron chi connectivity index (χ1n) is 27.0. The first kappa shape index (κ1) is 62.5. The molecule has 0 aliphatic heterocycles. The van der Waals surface area contributed by atoms with E-state index in [0.717, 1.165) is 44.9 Å². The van der Waals surface area contributed by atoms with Crippen LogP contribution < -0.4 is 5.32 Å². The van der Waals surface area contributed by atoms with Crippen LogP contribution in [-0.4, -0.2) is 73.4 Å². The Labute approximate surface area is 397 Å². The molecule has 3 N–H and O–H groups in total. The van der Waals surface area contributed by atoms with E-state index in [-0.39, 0.29) is 19.1 Å². The standard InChI is InChI=1S/C55H105N2O6P/c1-6-8-10-12-14-16-18-20-22-24-26-28-30-32-34-36-38-40-42-44-46-48-54(58)53(52-63-64(60,61)62-51-50-57(3,4)5)56-55(59)49-47-45-43-41-39-37-35-33-31-29-27-25-23-21-19-17-15-13-11-9-7-2/h29-32,38,40,46,48,53-54,58H,6-28,33-37,39,41-45,47,49-52H2,1-5H3,(H-,56,59,60,61)/p+1/b31-29-,32-30+,40-38+,48-46+. The van der Waals surface area contributed by atoms with Crippen LogP contribution in [-0.2, 0) is 18.4 Å². The van der Waals surface area contributed by atoms with Gasteiger partial charge in [0.05, 0.1) is 39.9 Å². The maximum atomic E-state index is 12.9. The number of aliphatic hydroxyl groups is 1. The van der Waals surface area contributed by atoms with E-state index in [1.165, 1.54) is 180 Å². The zero-order valence-corrected chi connectivity index (χ0v) is 43.7. The number of unbranched alkanes of at least 4 members (excludes halogenated alkanes) is 30. The van der Waals surface area contributed by atoms with Gasteiger partial charge in [0, 0.05) is 6.42 Å². The topological polar surface area (TPSA) is 105 Å². The van der Waals surface area contributed by atoms with Crippen LogP contribution in [0.1, 0.15) is 245 Å². The predicted octanol–water partition coefficient (Wildman–Crippen LogP) is 16.0. The minimum atomic E-state index is -4.36. The number of carbonyl (C=O) groups excluding carboxylic acids is 1. The number of rotatable bonds is 49. The molecule has 376 valence electrons. The highest BCUT2D eigenvalue weighted by Crippen LogP contribution is 2.43. The highest BCUT2D eigenvalue weighted by atomic mass is 31.2. The van der Waals surface area contributed by atoms with E-state index < -0.39 is 20.0 Å². The third-order valence-electron chi connectivity index (χ3n) is 12.0. The summed E-state index contributed by atoms with van der Waals surface area (Å²) in [7, 11) is 1.54. The van der Waals surface area contributed by atoms with E-state index in [0.29, 0.717) is 17.4 Å². The van der Waals surface area contributed by atoms with Gasteiger partial charge < -0.3 is 19.8 Å². The average molecular weight is 922 g/mol. The number of hydrogen-bond donors (Lipinski definition) is 3. The Bertz CT molecular complexity index is 1180. The maximum absolute atomic E-state index is 12.9. The van der Waals surface area contributed by atoms with E-state index >= 15 is 0 Å². The molecule has 0 bridgehead atoms. The number of aliphatic hydroxyl groups excluding tert-OH is 1. The number of amides is 1. The summed E-state index contributed by atoms with van der Waals surface area (Å²) < 4.78 is 23.6. The van der Waals surface area contributed by atoms with Gasteiger partial charge in [-0.05, 0) is 70.6 Å². The Kier molecular flexibility index (Phi) is 45.4. The summed E-state index contributed by atoms with van der Waals surface area (Å²) in [6, 6.07) is -0.873. The quantitative estimate of drug-likeness (QED) is 0.0243. The number of likely N-dealkylation sites (N-methyl/N-ethyl adjacent to an activating group) is 1. The van der Waals surface area contributed by atoms with Crippen LogP contribution >= 0.6 is 7.82 Å². The van der Waals surface area contributed by atoms with Crippen molar-refractivity contribution < 1.29 is 32.9 Å². The van der Waals surface area contributed by atoms with Crippen molar-refractivity contribution in [2.24, 2.45) is 0 Å². The van der Waals surface area contributed by atoms with Crippen molar-refractivity contribution in [3.05, 3.63) is 48.6 Å². The lowest BCUT2D eigenvalue weighted by atomic mass is 10.1. The number of quaternary nitrogens is 1. The van der Waals surface area contributed by atoms with Crippen LogP contribution in [0.5, 0.6) is 0 Å². The molecule has 9 heteroatoms. The molecule has 0 saturated heterocycles. The summed E-state index contributed by atoms with van der Waals surface area (Å²) >= 11 is 0. The van der Waals surface area contributed by atoms with Crippen LogP contribution in [0.4, 0.5) is 0 Å². The number of nitrogens with one attached hydrogen (secondary N) is 1. The normalized spacial score (nSPS) is 14.4. The van der Waals surface area contributed by atoms with Crippen molar-refractivity contribution in [3.8, 4) is 0 Å². The molecule has 3 unspecified atom stereocenters. The van der Waals surface area contributed by atoms with Crippen molar-refractivity contribution in [2.75, 3.05) is 40.9 Å². The molecule has 0 aromatic rings. The lowest BCUT2D eigenvalue weighted by Crippen LogP contribution is -2.45. The number of nitrogens with zero attached hydrogens (tertiary/aromatic N) is 1. The van der Waals surface area contributed by atoms with Gasteiger partial charge in [-0.3, -0.25) is 13.8 Å². The van der Waals surface area contributed by atoms with E-state index in [9.17, 15) is 19.4 Å². The number of allylic oxidation sites excluding steroid dienone is 7. The van der Waals surface area contributed by atoms with Gasteiger partial charge in [-0.15, -0.1) is 0 Å². The maximum Gasteiger partial charge on any atom is 0.472 e. The third kappa shape index (κ3) is 48.4. The Morgan fingerprint density at radius 2 is 0.859 bits per heavy atom. The fraction of sp³-hybridized carbons (Fsp3) is 0.836. The average Bonchev–Trinajstić information content (AvgIpc) is 3.25. The Morgan fingerprint density at radius 1 is 0.516 bits per heavy atom. The zero-order valence-electron chi connectivity index (χ0n) is 42.8. The van der Waals surface area contributed by atoms with Gasteiger partial charge in [0.1, 0.15) is 13.2 Å². The van der Waals surface area contributed by atoms with Gasteiger partial charge in [0.15, 0.2) is 0 Å². The molecule has 0 saturated carbocycles. The molecule has 0 fully saturated rings. The molecule has 1 amide bonds.